The molecule has 0 spiro atoms. The second kappa shape index (κ2) is 9.78. The number of hydrogen-bond acceptors (Lipinski definition) is 9. The quantitative estimate of drug-likeness (QED) is 0.202. The van der Waals surface area contributed by atoms with Crippen molar-refractivity contribution in [3.05, 3.63) is 77.3 Å². The third-order valence-electron chi connectivity index (χ3n) is 6.05. The van der Waals surface area contributed by atoms with E-state index < -0.39 is 29.8 Å². The first-order valence-corrected chi connectivity index (χ1v) is 12.6. The van der Waals surface area contributed by atoms with E-state index in [1.165, 1.54) is 11.8 Å². The van der Waals surface area contributed by atoms with Crippen LogP contribution in [-0.2, 0) is 41.5 Å². The molecule has 0 bridgehead atoms. The Labute approximate surface area is 216 Å². The molecule has 3 aromatic rings. The van der Waals surface area contributed by atoms with Gasteiger partial charge < -0.3 is 24.5 Å². The van der Waals surface area contributed by atoms with Crippen LogP contribution in [0.3, 0.4) is 0 Å². The van der Waals surface area contributed by atoms with Gasteiger partial charge in [0, 0.05) is 33.9 Å². The first-order valence-electron chi connectivity index (χ1n) is 11.3. The number of aryl methyl sites for hydroxylation is 2. The van der Waals surface area contributed by atoms with Crippen molar-refractivity contribution in [3.8, 4) is 0 Å². The van der Waals surface area contributed by atoms with Crippen LogP contribution < -0.4 is 5.73 Å². The molecular formula is C25H24ClN3O6S. The number of esters is 2. The number of carbonyl (C=O) groups is 2. The molecule has 11 heteroatoms. The van der Waals surface area contributed by atoms with Gasteiger partial charge in [-0.25, -0.2) is 14.6 Å². The monoisotopic (exact) mass is 529 g/mol. The number of halogens is 1. The Morgan fingerprint density at radius 3 is 2.56 bits per heavy atom. The predicted octanol–water partition coefficient (Wildman–Crippen LogP) is 3.72. The molecule has 2 saturated heterocycles. The number of benzene rings is 2. The number of hydrogen-bond donors (Lipinski definition) is 1. The molecule has 2 N–H and O–H groups in total. The van der Waals surface area contributed by atoms with Crippen LogP contribution in [0.15, 0.2) is 66.0 Å². The van der Waals surface area contributed by atoms with E-state index in [1.807, 2.05) is 47.9 Å². The summed E-state index contributed by atoms with van der Waals surface area (Å²) in [4.78, 5) is 29.5. The molecule has 1 unspecified atom stereocenters. The number of rotatable bonds is 8. The van der Waals surface area contributed by atoms with Crippen LogP contribution in [0.4, 0.5) is 5.69 Å². The maximum Gasteiger partial charge on any atom is 0.420 e. The molecule has 36 heavy (non-hydrogen) atoms. The Balaban J connectivity index is 1.45. The van der Waals surface area contributed by atoms with E-state index in [0.29, 0.717) is 23.6 Å². The summed E-state index contributed by atoms with van der Waals surface area (Å²) in [6.45, 7) is 2.15. The van der Waals surface area contributed by atoms with E-state index in [0.717, 1.165) is 16.2 Å². The Morgan fingerprint density at radius 1 is 1.11 bits per heavy atom. The lowest BCUT2D eigenvalue weighted by molar-refractivity contribution is -0.274. The molecule has 5 rings (SSSR count). The smallest absolute Gasteiger partial charge is 0.420 e. The van der Waals surface area contributed by atoms with Gasteiger partial charge in [-0.05, 0) is 55.3 Å². The zero-order valence-corrected chi connectivity index (χ0v) is 21.0. The summed E-state index contributed by atoms with van der Waals surface area (Å²) in [5.74, 6) is -5.02. The van der Waals surface area contributed by atoms with E-state index in [-0.39, 0.29) is 12.3 Å². The Bertz CT molecular complexity index is 1270. The number of imidazole rings is 1. The molecule has 1 aromatic heterocycles. The minimum absolute atomic E-state index is 0.131. The van der Waals surface area contributed by atoms with E-state index in [9.17, 15) is 9.59 Å². The lowest BCUT2D eigenvalue weighted by Crippen LogP contribution is -2.55. The summed E-state index contributed by atoms with van der Waals surface area (Å²) < 4.78 is 25.6. The molecular weight excluding hydrogens is 506 g/mol. The largest absolute Gasteiger partial charge is 0.420 e. The Morgan fingerprint density at radius 2 is 1.86 bits per heavy atom. The maximum atomic E-state index is 12.3. The highest BCUT2D eigenvalue weighted by Gasteiger charge is 2.65. The number of aromatic nitrogens is 2. The van der Waals surface area contributed by atoms with Crippen molar-refractivity contribution < 1.29 is 28.5 Å². The number of fused-ring (bicyclic) bond motifs is 1. The summed E-state index contributed by atoms with van der Waals surface area (Å²) in [5.41, 5.74) is 8.33. The van der Waals surface area contributed by atoms with Gasteiger partial charge in [-0.2, -0.15) is 0 Å². The molecule has 2 fully saturated rings. The van der Waals surface area contributed by atoms with Crippen molar-refractivity contribution in [2.45, 2.75) is 49.1 Å². The summed E-state index contributed by atoms with van der Waals surface area (Å²) in [5, 5.41) is 0.638. The number of ether oxygens (including phenoxy) is 4. The van der Waals surface area contributed by atoms with Gasteiger partial charge in [-0.1, -0.05) is 23.7 Å². The van der Waals surface area contributed by atoms with Crippen molar-refractivity contribution in [3.63, 3.8) is 0 Å². The highest BCUT2D eigenvalue weighted by atomic mass is 35.5. The molecule has 3 heterocycles. The summed E-state index contributed by atoms with van der Waals surface area (Å²) in [6.07, 6.45) is 3.11. The lowest BCUT2D eigenvalue weighted by Gasteiger charge is -2.34. The van der Waals surface area contributed by atoms with Crippen LogP contribution in [0.2, 0.25) is 5.02 Å². The third-order valence-corrected chi connectivity index (χ3v) is 7.45. The van der Waals surface area contributed by atoms with Crippen LogP contribution in [0, 0.1) is 6.92 Å². The molecule has 9 nitrogen and oxygen atoms in total. The SMILES string of the molecule is Cc1cncn1C[C@@]1(CCc2ccc(Cl)cc2)OC2OC(=O)C(=O)O[C@@]2(CSc2ccc(N)cc2)O1. The second-order valence-corrected chi connectivity index (χ2v) is 10.2. The fourth-order valence-electron chi connectivity index (χ4n) is 4.13. The van der Waals surface area contributed by atoms with Gasteiger partial charge in [-0.3, -0.25) is 4.74 Å². The summed E-state index contributed by atoms with van der Waals surface area (Å²) in [6, 6.07) is 14.7. The van der Waals surface area contributed by atoms with E-state index in [1.54, 1.807) is 24.7 Å². The zero-order valence-electron chi connectivity index (χ0n) is 19.4. The number of thioether (sulfide) groups is 1. The van der Waals surface area contributed by atoms with Crippen LogP contribution in [0.1, 0.15) is 17.7 Å². The molecule has 2 aromatic carbocycles. The van der Waals surface area contributed by atoms with Crippen molar-refractivity contribution in [2.24, 2.45) is 0 Å². The molecule has 0 saturated carbocycles. The molecule has 188 valence electrons. The molecule has 2 aliphatic heterocycles. The lowest BCUT2D eigenvalue weighted by atomic mass is 10.0. The van der Waals surface area contributed by atoms with Gasteiger partial charge in [0.15, 0.2) is 5.79 Å². The summed E-state index contributed by atoms with van der Waals surface area (Å²) >= 11 is 7.41. The van der Waals surface area contributed by atoms with Crippen molar-refractivity contribution in [1.82, 2.24) is 9.55 Å². The Kier molecular flexibility index (Phi) is 6.69. The topological polar surface area (TPSA) is 115 Å². The van der Waals surface area contributed by atoms with E-state index >= 15 is 0 Å². The van der Waals surface area contributed by atoms with Crippen LogP contribution >= 0.6 is 23.4 Å². The highest BCUT2D eigenvalue weighted by Crippen LogP contribution is 2.46. The van der Waals surface area contributed by atoms with Gasteiger partial charge in [0.1, 0.15) is 0 Å². The van der Waals surface area contributed by atoms with Crippen LogP contribution in [0.25, 0.3) is 0 Å². The first-order chi connectivity index (χ1) is 17.3. The summed E-state index contributed by atoms with van der Waals surface area (Å²) in [7, 11) is 0. The minimum Gasteiger partial charge on any atom is -0.420 e. The van der Waals surface area contributed by atoms with Crippen LogP contribution in [-0.4, -0.2) is 45.1 Å². The number of nitrogens with zero attached hydrogens (tertiary/aromatic N) is 2. The van der Waals surface area contributed by atoms with E-state index in [2.05, 4.69) is 4.98 Å². The fraction of sp³-hybridized carbons (Fsp3) is 0.320. The van der Waals surface area contributed by atoms with Gasteiger partial charge in [0.2, 0.25) is 0 Å². The van der Waals surface area contributed by atoms with Gasteiger partial charge >= 0.3 is 11.9 Å². The fourth-order valence-corrected chi connectivity index (χ4v) is 5.21. The molecule has 0 radical (unpaired) electrons. The number of carbonyl (C=O) groups excluding carboxylic acids is 2. The van der Waals surface area contributed by atoms with Crippen molar-refractivity contribution in [1.29, 1.82) is 0 Å². The average Bonchev–Trinajstić information content (AvgIpc) is 3.39. The van der Waals surface area contributed by atoms with Crippen molar-refractivity contribution >= 4 is 41.0 Å². The maximum absolute atomic E-state index is 12.3. The van der Waals surface area contributed by atoms with E-state index in [4.69, 9.17) is 36.3 Å². The standard InChI is InChI=1S/C25H24ClN3O6S/c1-16-12-28-15-29(16)13-24(11-10-17-2-4-18(26)5-3-17)34-23-25(35-24,33-22(31)21(30)32-23)14-36-20-8-6-19(27)7-9-20/h2-9,12,15,23H,10-11,13-14,27H2,1H3/t23?,24-,25-/m0/s1. The van der Waals surface area contributed by atoms with Crippen molar-refractivity contribution in [2.75, 3.05) is 11.5 Å². The number of anilines is 1. The first kappa shape index (κ1) is 24.6. The minimum atomic E-state index is -1.63. The van der Waals surface area contributed by atoms with Crippen LogP contribution in [0.5, 0.6) is 0 Å². The average molecular weight is 530 g/mol. The number of nitrogen functional groups attached to an aromatic ring is 1. The van der Waals surface area contributed by atoms with Gasteiger partial charge in [-0.15, -0.1) is 11.8 Å². The zero-order chi connectivity index (χ0) is 25.3. The second-order valence-electron chi connectivity index (χ2n) is 8.72. The molecule has 0 amide bonds. The number of nitrogens with two attached hydrogens (primary N) is 1. The van der Waals surface area contributed by atoms with Gasteiger partial charge in [0.25, 0.3) is 12.1 Å². The Hall–Kier alpha value is -3.05. The predicted molar refractivity (Wildman–Crippen MR) is 132 cm³/mol. The van der Waals surface area contributed by atoms with Gasteiger partial charge in [0.05, 0.1) is 18.6 Å². The normalized spacial score (nSPS) is 25.3. The third kappa shape index (κ3) is 5.08. The molecule has 3 atom stereocenters. The highest BCUT2D eigenvalue weighted by molar-refractivity contribution is 7.99. The molecule has 0 aliphatic carbocycles. The molecule has 2 aliphatic rings.